The first-order valence-corrected chi connectivity index (χ1v) is 11.3. The molecule has 0 bridgehead atoms. The van der Waals surface area contributed by atoms with Crippen molar-refractivity contribution < 1.29 is 4.21 Å². The average molecular weight is 506 g/mol. The van der Waals surface area contributed by atoms with E-state index >= 15 is 0 Å². The van der Waals surface area contributed by atoms with E-state index in [4.69, 9.17) is 4.99 Å². The van der Waals surface area contributed by atoms with E-state index in [1.165, 1.54) is 32.2 Å². The lowest BCUT2D eigenvalue weighted by Gasteiger charge is -2.34. The molecule has 5 nitrogen and oxygen atoms in total. The molecule has 1 heterocycles. The van der Waals surface area contributed by atoms with Crippen molar-refractivity contribution in [3.8, 4) is 0 Å². The fraction of sp³-hybridized carbons (Fsp3) is 0.650. The maximum Gasteiger partial charge on any atom is 0.191 e. The van der Waals surface area contributed by atoms with Crippen LogP contribution in [0.4, 0.5) is 0 Å². The van der Waals surface area contributed by atoms with E-state index in [2.05, 4.69) is 29.4 Å². The van der Waals surface area contributed by atoms with E-state index < -0.39 is 10.8 Å². The Morgan fingerprint density at radius 1 is 1.22 bits per heavy atom. The van der Waals surface area contributed by atoms with Crippen molar-refractivity contribution in [3.05, 3.63) is 30.3 Å². The Morgan fingerprint density at radius 3 is 2.70 bits per heavy atom. The minimum Gasteiger partial charge on any atom is -0.357 e. The fourth-order valence-corrected chi connectivity index (χ4v) is 4.38. The van der Waals surface area contributed by atoms with Gasteiger partial charge in [0.25, 0.3) is 0 Å². The Labute approximate surface area is 184 Å². The second-order valence-corrected chi connectivity index (χ2v) is 8.21. The van der Waals surface area contributed by atoms with Crippen LogP contribution in [0.3, 0.4) is 0 Å². The summed E-state index contributed by atoms with van der Waals surface area (Å²) in [4.78, 5) is 8.17. The Kier molecular flexibility index (Phi) is 12.9. The van der Waals surface area contributed by atoms with Crippen LogP contribution in [0, 0.1) is 0 Å². The zero-order valence-electron chi connectivity index (χ0n) is 16.7. The normalized spacial score (nSPS) is 19.2. The third-order valence-electron chi connectivity index (χ3n) is 4.81. The van der Waals surface area contributed by atoms with Crippen molar-refractivity contribution in [2.75, 3.05) is 38.5 Å². The lowest BCUT2D eigenvalue weighted by atomic mass is 10.0. The minimum absolute atomic E-state index is 0. The number of nitrogens with zero attached hydrogens (tertiary/aromatic N) is 2. The van der Waals surface area contributed by atoms with Gasteiger partial charge in [-0.3, -0.25) is 14.1 Å². The number of benzene rings is 1. The molecule has 0 aliphatic carbocycles. The Balaban J connectivity index is 0.00000364. The van der Waals surface area contributed by atoms with Crippen LogP contribution in [0.2, 0.25) is 0 Å². The summed E-state index contributed by atoms with van der Waals surface area (Å²) in [6, 6.07) is 10.4. The van der Waals surface area contributed by atoms with Gasteiger partial charge < -0.3 is 10.6 Å². The van der Waals surface area contributed by atoms with Crippen LogP contribution in [0.15, 0.2) is 40.2 Å². The Morgan fingerprint density at radius 2 is 2.00 bits per heavy atom. The monoisotopic (exact) mass is 506 g/mol. The molecule has 0 amide bonds. The number of hydrogen-bond acceptors (Lipinski definition) is 3. The number of likely N-dealkylation sites (tertiary alicyclic amines) is 1. The fourth-order valence-electron chi connectivity index (χ4n) is 3.40. The topological polar surface area (TPSA) is 56.7 Å². The third kappa shape index (κ3) is 8.91. The predicted molar refractivity (Wildman–Crippen MR) is 127 cm³/mol. The summed E-state index contributed by atoms with van der Waals surface area (Å²) in [6.45, 7) is 8.85. The highest BCUT2D eigenvalue weighted by molar-refractivity contribution is 14.0. The molecule has 2 unspecified atom stereocenters. The predicted octanol–water partition coefficient (Wildman–Crippen LogP) is 3.23. The SMILES string of the molecule is CCNC(=NCCN1CCCCC1CC)NCCS(=O)c1ccccc1.I. The number of nitrogens with one attached hydrogen (secondary N) is 2. The molecule has 0 radical (unpaired) electrons. The van der Waals surface area contributed by atoms with Gasteiger partial charge in [-0.05, 0) is 44.9 Å². The highest BCUT2D eigenvalue weighted by atomic mass is 127. The van der Waals surface area contributed by atoms with Crippen molar-refractivity contribution in [3.63, 3.8) is 0 Å². The van der Waals surface area contributed by atoms with Crippen LogP contribution in [-0.2, 0) is 10.8 Å². The van der Waals surface area contributed by atoms with Crippen LogP contribution >= 0.6 is 24.0 Å². The zero-order chi connectivity index (χ0) is 18.6. The van der Waals surface area contributed by atoms with Crippen molar-refractivity contribution in [1.29, 1.82) is 0 Å². The molecule has 27 heavy (non-hydrogen) atoms. The first-order valence-electron chi connectivity index (χ1n) is 9.94. The van der Waals surface area contributed by atoms with Crippen LogP contribution < -0.4 is 10.6 Å². The molecule has 0 saturated carbocycles. The molecular formula is C20H35IN4OS. The summed E-state index contributed by atoms with van der Waals surface area (Å²) in [5.41, 5.74) is 0. The molecule has 0 aromatic heterocycles. The number of rotatable bonds is 9. The molecule has 1 aromatic carbocycles. The second-order valence-electron chi connectivity index (χ2n) is 6.64. The van der Waals surface area contributed by atoms with E-state index in [1.54, 1.807) is 0 Å². The lowest BCUT2D eigenvalue weighted by molar-refractivity contribution is 0.148. The van der Waals surface area contributed by atoms with Gasteiger partial charge >= 0.3 is 0 Å². The zero-order valence-corrected chi connectivity index (χ0v) is 19.8. The van der Waals surface area contributed by atoms with E-state index in [0.29, 0.717) is 12.3 Å². The van der Waals surface area contributed by atoms with Crippen LogP contribution in [0.25, 0.3) is 0 Å². The van der Waals surface area contributed by atoms with Gasteiger partial charge in [0.1, 0.15) is 0 Å². The summed E-state index contributed by atoms with van der Waals surface area (Å²) in [5, 5.41) is 6.59. The molecule has 2 N–H and O–H groups in total. The number of guanidine groups is 1. The average Bonchev–Trinajstić information content (AvgIpc) is 2.69. The maximum absolute atomic E-state index is 12.3. The van der Waals surface area contributed by atoms with Gasteiger partial charge in [0.15, 0.2) is 5.96 Å². The van der Waals surface area contributed by atoms with E-state index in [1.807, 2.05) is 30.3 Å². The molecule has 0 spiro atoms. The third-order valence-corrected chi connectivity index (χ3v) is 6.18. The maximum atomic E-state index is 12.3. The quantitative estimate of drug-likeness (QED) is 0.307. The number of piperidine rings is 1. The molecular weight excluding hydrogens is 471 g/mol. The van der Waals surface area contributed by atoms with E-state index in [0.717, 1.165) is 36.5 Å². The first kappa shape index (κ1) is 24.4. The van der Waals surface area contributed by atoms with Gasteiger partial charge in [-0.15, -0.1) is 24.0 Å². The van der Waals surface area contributed by atoms with Gasteiger partial charge in [-0.25, -0.2) is 0 Å². The summed E-state index contributed by atoms with van der Waals surface area (Å²) in [7, 11) is -0.973. The van der Waals surface area contributed by atoms with Crippen molar-refractivity contribution >= 4 is 40.7 Å². The number of halogens is 1. The van der Waals surface area contributed by atoms with Gasteiger partial charge in [0.2, 0.25) is 0 Å². The Bertz CT molecular complexity index is 570. The summed E-state index contributed by atoms with van der Waals surface area (Å²) < 4.78 is 12.3. The summed E-state index contributed by atoms with van der Waals surface area (Å²) >= 11 is 0. The van der Waals surface area contributed by atoms with Gasteiger partial charge in [0.05, 0.1) is 17.3 Å². The van der Waals surface area contributed by atoms with Crippen LogP contribution in [0.1, 0.15) is 39.5 Å². The smallest absolute Gasteiger partial charge is 0.191 e. The van der Waals surface area contributed by atoms with Crippen LogP contribution in [-0.4, -0.2) is 59.6 Å². The highest BCUT2D eigenvalue weighted by Crippen LogP contribution is 2.18. The molecule has 1 aliphatic rings. The van der Waals surface area contributed by atoms with E-state index in [-0.39, 0.29) is 24.0 Å². The number of hydrogen-bond donors (Lipinski definition) is 2. The number of aliphatic imine (C=N–C) groups is 1. The summed E-state index contributed by atoms with van der Waals surface area (Å²) in [6.07, 6.45) is 5.22. The molecule has 1 aromatic rings. The minimum atomic E-state index is -0.973. The molecule has 154 valence electrons. The largest absolute Gasteiger partial charge is 0.357 e. The molecule has 1 saturated heterocycles. The highest BCUT2D eigenvalue weighted by Gasteiger charge is 2.19. The van der Waals surface area contributed by atoms with E-state index in [9.17, 15) is 4.21 Å². The van der Waals surface area contributed by atoms with Crippen molar-refractivity contribution in [1.82, 2.24) is 15.5 Å². The lowest BCUT2D eigenvalue weighted by Crippen LogP contribution is -2.42. The molecule has 2 atom stereocenters. The second kappa shape index (κ2) is 14.3. The summed E-state index contributed by atoms with van der Waals surface area (Å²) in [5.74, 6) is 1.40. The standard InChI is InChI=1S/C20H34N4OS.HI/c1-3-18-10-8-9-15-24(18)16-13-22-20(21-4-2)23-14-17-26(25)19-11-6-5-7-12-19;/h5-7,11-12,18H,3-4,8-10,13-17H2,1-2H3,(H2,21,22,23);1H. The van der Waals surface area contributed by atoms with Gasteiger partial charge in [0, 0.05) is 36.3 Å². The molecule has 7 heteroatoms. The van der Waals surface area contributed by atoms with Gasteiger partial charge in [-0.2, -0.15) is 0 Å². The van der Waals surface area contributed by atoms with Crippen LogP contribution in [0.5, 0.6) is 0 Å². The van der Waals surface area contributed by atoms with Crippen molar-refractivity contribution in [2.24, 2.45) is 4.99 Å². The molecule has 2 rings (SSSR count). The molecule has 1 fully saturated rings. The Hall–Kier alpha value is -0.670. The first-order chi connectivity index (χ1) is 12.7. The molecule has 1 aliphatic heterocycles. The van der Waals surface area contributed by atoms with Gasteiger partial charge in [-0.1, -0.05) is 31.5 Å². The van der Waals surface area contributed by atoms with Crippen molar-refractivity contribution in [2.45, 2.75) is 50.5 Å².